The topological polar surface area (TPSA) is 53.8 Å². The summed E-state index contributed by atoms with van der Waals surface area (Å²) in [6, 6.07) is 14.3. The first-order valence-electron chi connectivity index (χ1n) is 11.0. The number of amides is 1. The van der Waals surface area contributed by atoms with E-state index < -0.39 is 0 Å². The molecule has 0 radical (unpaired) electrons. The van der Waals surface area contributed by atoms with Crippen molar-refractivity contribution in [2.75, 3.05) is 6.54 Å². The maximum absolute atomic E-state index is 13.3. The molecule has 2 aromatic rings. The van der Waals surface area contributed by atoms with Crippen molar-refractivity contribution in [3.8, 4) is 0 Å². The lowest BCUT2D eigenvalue weighted by Gasteiger charge is -2.26. The summed E-state index contributed by atoms with van der Waals surface area (Å²) in [5.74, 6) is 0.867. The van der Waals surface area contributed by atoms with E-state index in [0.29, 0.717) is 24.7 Å². The highest BCUT2D eigenvalue weighted by atomic mass is 127. The average molecular weight is 531 g/mol. The highest BCUT2D eigenvalue weighted by molar-refractivity contribution is 14.1. The average Bonchev–Trinajstić information content (AvgIpc) is 2.78. The molecule has 4 rings (SSSR count). The van der Waals surface area contributed by atoms with Crippen molar-refractivity contribution in [1.29, 1.82) is 0 Å². The van der Waals surface area contributed by atoms with E-state index in [9.17, 15) is 9.18 Å². The molecule has 0 bridgehead atoms. The third kappa shape index (κ3) is 6.21. The minimum absolute atomic E-state index is 0.0727. The van der Waals surface area contributed by atoms with Crippen LogP contribution in [0.4, 0.5) is 4.39 Å². The van der Waals surface area contributed by atoms with Crippen LogP contribution < -0.4 is 5.32 Å². The van der Waals surface area contributed by atoms with Gasteiger partial charge in [0.2, 0.25) is 5.91 Å². The Hall–Kier alpha value is -2.09. The van der Waals surface area contributed by atoms with Crippen LogP contribution in [0.2, 0.25) is 0 Å². The van der Waals surface area contributed by atoms with Gasteiger partial charge in [0.15, 0.2) is 0 Å². The third-order valence-corrected chi connectivity index (χ3v) is 6.72. The van der Waals surface area contributed by atoms with Crippen LogP contribution in [0.5, 0.6) is 0 Å². The van der Waals surface area contributed by atoms with Gasteiger partial charge < -0.3 is 5.32 Å². The van der Waals surface area contributed by atoms with E-state index in [2.05, 4.69) is 27.9 Å². The van der Waals surface area contributed by atoms with Crippen LogP contribution in [-0.2, 0) is 11.2 Å². The lowest BCUT2D eigenvalue weighted by molar-refractivity contribution is -0.119. The molecule has 4 nitrogen and oxygen atoms in total. The van der Waals surface area contributed by atoms with Crippen LogP contribution in [0.25, 0.3) is 0 Å². The maximum atomic E-state index is 13.3. The predicted octanol–water partition coefficient (Wildman–Crippen LogP) is 5.65. The Morgan fingerprint density at radius 3 is 2.45 bits per heavy atom. The molecule has 0 saturated heterocycles. The summed E-state index contributed by atoms with van der Waals surface area (Å²) in [5, 5.41) is 3.02. The first-order valence-corrected chi connectivity index (χ1v) is 12.1. The van der Waals surface area contributed by atoms with Gasteiger partial charge in [0.25, 0.3) is 0 Å². The number of carbonyl (C=O) groups excluding carboxylic acids is 1. The number of nitrogens with zero attached hydrogens (tertiary/aromatic N) is 2. The molecular formula is C25H27FIN3O. The number of benzene rings is 2. The molecule has 6 heteroatoms. The van der Waals surface area contributed by atoms with Crippen LogP contribution in [0.1, 0.15) is 55.7 Å². The van der Waals surface area contributed by atoms with E-state index in [1.807, 2.05) is 24.3 Å². The molecule has 1 fully saturated rings. The zero-order valence-corrected chi connectivity index (χ0v) is 19.6. The van der Waals surface area contributed by atoms with Crippen molar-refractivity contribution in [2.45, 2.75) is 51.0 Å². The van der Waals surface area contributed by atoms with E-state index in [1.54, 1.807) is 12.1 Å². The Labute approximate surface area is 196 Å². The molecule has 0 aromatic heterocycles. The van der Waals surface area contributed by atoms with Gasteiger partial charge in [-0.25, -0.2) is 4.39 Å². The molecule has 1 aliphatic carbocycles. The quantitative estimate of drug-likeness (QED) is 0.498. The van der Waals surface area contributed by atoms with Crippen molar-refractivity contribution >= 4 is 40.0 Å². The molecule has 1 N–H and O–H groups in total. The zero-order valence-electron chi connectivity index (χ0n) is 17.5. The largest absolute Gasteiger partial charge is 0.309 e. The van der Waals surface area contributed by atoms with Crippen molar-refractivity contribution in [1.82, 2.24) is 5.32 Å². The maximum Gasteiger partial charge on any atom is 0.229 e. The van der Waals surface area contributed by atoms with Crippen LogP contribution >= 0.6 is 22.6 Å². The number of nitrogens with one attached hydrogen (secondary N) is 1. The highest BCUT2D eigenvalue weighted by Gasteiger charge is 2.25. The standard InChI is InChI=1S/C25H27FIN3O/c26-20-10-8-19(9-11-20)23-16-28-25(22(29-23)14-17-4-2-1-3-5-17)30-24(31)15-18-6-12-21(27)13-7-18/h6-13,17,23H,1-5,14-16H2,(H,28,30,31). The fraction of sp³-hybridized carbons (Fsp3) is 0.400. The highest BCUT2D eigenvalue weighted by Crippen LogP contribution is 2.29. The fourth-order valence-electron chi connectivity index (χ4n) is 4.31. The lowest BCUT2D eigenvalue weighted by Crippen LogP contribution is -2.40. The molecule has 1 atom stereocenters. The van der Waals surface area contributed by atoms with E-state index in [-0.39, 0.29) is 17.8 Å². The monoisotopic (exact) mass is 531 g/mol. The van der Waals surface area contributed by atoms with Gasteiger partial charge in [-0.05, 0) is 70.3 Å². The molecule has 1 unspecified atom stereocenters. The van der Waals surface area contributed by atoms with Gasteiger partial charge in [0.05, 0.1) is 24.7 Å². The second-order valence-electron chi connectivity index (χ2n) is 8.39. The summed E-state index contributed by atoms with van der Waals surface area (Å²) >= 11 is 2.26. The van der Waals surface area contributed by atoms with Gasteiger partial charge in [-0.3, -0.25) is 14.8 Å². The van der Waals surface area contributed by atoms with Crippen LogP contribution in [0.3, 0.4) is 0 Å². The summed E-state index contributed by atoms with van der Waals surface area (Å²) in [6.07, 6.45) is 7.35. The Morgan fingerprint density at radius 2 is 1.74 bits per heavy atom. The molecule has 1 saturated carbocycles. The molecule has 2 aliphatic rings. The van der Waals surface area contributed by atoms with E-state index in [0.717, 1.165) is 26.8 Å². The number of aliphatic imine (C=N–C) groups is 2. The molecular weight excluding hydrogens is 504 g/mol. The van der Waals surface area contributed by atoms with E-state index in [1.165, 1.54) is 44.2 Å². The summed E-state index contributed by atoms with van der Waals surface area (Å²) in [5.41, 5.74) is 2.81. The van der Waals surface area contributed by atoms with Gasteiger partial charge >= 0.3 is 0 Å². The van der Waals surface area contributed by atoms with Gasteiger partial charge in [-0.1, -0.05) is 56.4 Å². The van der Waals surface area contributed by atoms with Gasteiger partial charge in [-0.15, -0.1) is 0 Å². The number of hydrogen-bond donors (Lipinski definition) is 1. The Balaban J connectivity index is 1.49. The van der Waals surface area contributed by atoms with Crippen molar-refractivity contribution in [3.05, 3.63) is 69.0 Å². The minimum atomic E-state index is -0.252. The summed E-state index contributed by atoms with van der Waals surface area (Å²) in [4.78, 5) is 22.4. The first kappa shape index (κ1) is 22.1. The molecule has 162 valence electrons. The molecule has 31 heavy (non-hydrogen) atoms. The molecule has 1 heterocycles. The second kappa shape index (κ2) is 10.5. The van der Waals surface area contributed by atoms with Crippen molar-refractivity contribution < 1.29 is 9.18 Å². The van der Waals surface area contributed by atoms with Crippen molar-refractivity contribution in [2.24, 2.45) is 15.9 Å². The SMILES string of the molecule is O=C(Cc1ccc(I)cc1)NC1=NCC(c2ccc(F)cc2)N=C1CC1CCCCC1. The Bertz CT molecular complexity index is 963. The van der Waals surface area contributed by atoms with Gasteiger partial charge in [0.1, 0.15) is 11.7 Å². The fourth-order valence-corrected chi connectivity index (χ4v) is 4.67. The van der Waals surface area contributed by atoms with Crippen LogP contribution in [0.15, 0.2) is 58.5 Å². The van der Waals surface area contributed by atoms with Gasteiger partial charge in [0, 0.05) is 3.57 Å². The second-order valence-corrected chi connectivity index (χ2v) is 9.64. The van der Waals surface area contributed by atoms with Gasteiger partial charge in [-0.2, -0.15) is 0 Å². The van der Waals surface area contributed by atoms with Crippen LogP contribution in [0, 0.1) is 15.3 Å². The number of hydrogen-bond acceptors (Lipinski definition) is 3. The smallest absolute Gasteiger partial charge is 0.229 e. The summed E-state index contributed by atoms with van der Waals surface area (Å²) in [7, 11) is 0. The zero-order chi connectivity index (χ0) is 21.6. The molecule has 1 aliphatic heterocycles. The third-order valence-electron chi connectivity index (χ3n) is 6.00. The van der Waals surface area contributed by atoms with Crippen LogP contribution in [-0.4, -0.2) is 24.0 Å². The molecule has 0 spiro atoms. The Kier molecular flexibility index (Phi) is 7.48. The Morgan fingerprint density at radius 1 is 1.03 bits per heavy atom. The predicted molar refractivity (Wildman–Crippen MR) is 131 cm³/mol. The molecule has 2 aromatic carbocycles. The number of rotatable bonds is 5. The normalized spacial score (nSPS) is 19.5. The number of amidine groups is 1. The van der Waals surface area contributed by atoms with Crippen molar-refractivity contribution in [3.63, 3.8) is 0 Å². The van der Waals surface area contributed by atoms with E-state index >= 15 is 0 Å². The minimum Gasteiger partial charge on any atom is -0.309 e. The number of carbonyl (C=O) groups is 1. The number of halogens is 2. The molecule has 1 amide bonds. The first-order chi connectivity index (χ1) is 15.1. The summed E-state index contributed by atoms with van der Waals surface area (Å²) < 4.78 is 14.5. The van der Waals surface area contributed by atoms with E-state index in [4.69, 9.17) is 9.98 Å². The lowest BCUT2D eigenvalue weighted by atomic mass is 9.85. The summed E-state index contributed by atoms with van der Waals surface area (Å²) in [6.45, 7) is 0.457.